The molecule has 24 heavy (non-hydrogen) atoms. The summed E-state index contributed by atoms with van der Waals surface area (Å²) in [5, 5.41) is 0. The molecular weight excluding hydrogens is 305 g/mol. The number of carbonyl (C=O) groups excluding carboxylic acids is 1. The fraction of sp³-hybridized carbons (Fsp3) is 0.211. The van der Waals surface area contributed by atoms with Crippen molar-refractivity contribution in [1.29, 1.82) is 0 Å². The minimum atomic E-state index is -0.291. The number of hydrogen-bond acceptors (Lipinski definition) is 3. The molecule has 1 aliphatic rings. The Bertz CT molecular complexity index is 908. The highest BCUT2D eigenvalue weighted by atomic mass is 19.1. The summed E-state index contributed by atoms with van der Waals surface area (Å²) in [6.07, 6.45) is 3.39. The Kier molecular flexibility index (Phi) is 3.69. The lowest BCUT2D eigenvalue weighted by Crippen LogP contribution is -2.33. The summed E-state index contributed by atoms with van der Waals surface area (Å²) in [5.41, 5.74) is 2.26. The Labute approximate surface area is 139 Å². The van der Waals surface area contributed by atoms with Gasteiger partial charge in [-0.05, 0) is 31.0 Å². The van der Waals surface area contributed by atoms with E-state index in [1.54, 1.807) is 23.1 Å². The fourth-order valence-corrected chi connectivity index (χ4v) is 2.77. The van der Waals surface area contributed by atoms with Gasteiger partial charge in [0.05, 0.1) is 17.2 Å². The predicted octanol–water partition coefficient (Wildman–Crippen LogP) is 3.57. The van der Waals surface area contributed by atoms with Crippen LogP contribution in [0.1, 0.15) is 28.9 Å². The molecule has 0 bridgehead atoms. The number of amides is 1. The van der Waals surface area contributed by atoms with Crippen LogP contribution in [0.4, 0.5) is 4.39 Å². The van der Waals surface area contributed by atoms with Gasteiger partial charge in [-0.2, -0.15) is 0 Å². The van der Waals surface area contributed by atoms with Crippen LogP contribution in [0.3, 0.4) is 0 Å². The van der Waals surface area contributed by atoms with E-state index < -0.39 is 0 Å². The molecule has 1 aromatic heterocycles. The number of nitrogens with zero attached hydrogens (tertiary/aromatic N) is 3. The van der Waals surface area contributed by atoms with Gasteiger partial charge in [0.1, 0.15) is 11.5 Å². The monoisotopic (exact) mass is 321 g/mol. The second kappa shape index (κ2) is 6.00. The number of carbonyl (C=O) groups is 1. The SMILES string of the molecule is O=C(c1cnc2ccccc2n1)N(Cc1ccccc1F)C1CC1. The molecular formula is C19H16FN3O. The molecule has 4 nitrogen and oxygen atoms in total. The maximum absolute atomic E-state index is 13.9. The first-order valence-corrected chi connectivity index (χ1v) is 7.98. The third-order valence-electron chi connectivity index (χ3n) is 4.21. The van der Waals surface area contributed by atoms with Gasteiger partial charge in [-0.1, -0.05) is 30.3 Å². The zero-order valence-corrected chi connectivity index (χ0v) is 13.0. The molecule has 120 valence electrons. The van der Waals surface area contributed by atoms with Gasteiger partial charge in [0.2, 0.25) is 0 Å². The van der Waals surface area contributed by atoms with Gasteiger partial charge in [0.25, 0.3) is 5.91 Å². The van der Waals surface area contributed by atoms with E-state index in [0.717, 1.165) is 18.4 Å². The minimum Gasteiger partial charge on any atom is -0.330 e. The van der Waals surface area contributed by atoms with Gasteiger partial charge in [0.15, 0.2) is 0 Å². The summed E-state index contributed by atoms with van der Waals surface area (Å²) in [7, 11) is 0. The lowest BCUT2D eigenvalue weighted by molar-refractivity contribution is 0.0722. The van der Waals surface area contributed by atoms with Crippen molar-refractivity contribution >= 4 is 16.9 Å². The second-order valence-electron chi connectivity index (χ2n) is 6.00. The fourth-order valence-electron chi connectivity index (χ4n) is 2.77. The van der Waals surface area contributed by atoms with Gasteiger partial charge in [-0.25, -0.2) is 9.37 Å². The molecule has 1 heterocycles. The predicted molar refractivity (Wildman–Crippen MR) is 88.8 cm³/mol. The summed E-state index contributed by atoms with van der Waals surface area (Å²) in [6.45, 7) is 0.255. The number of hydrogen-bond donors (Lipinski definition) is 0. The Hall–Kier alpha value is -2.82. The standard InChI is InChI=1S/C19H16FN3O/c20-15-6-2-1-5-13(15)12-23(14-9-10-14)19(24)18-11-21-16-7-3-4-8-17(16)22-18/h1-8,11,14H,9-10,12H2. The first kappa shape index (κ1) is 14.8. The van der Waals surface area contributed by atoms with Crippen LogP contribution in [0.25, 0.3) is 11.0 Å². The number of aromatic nitrogens is 2. The second-order valence-corrected chi connectivity index (χ2v) is 6.00. The summed E-state index contributed by atoms with van der Waals surface area (Å²) in [5.74, 6) is -0.487. The van der Waals surface area contributed by atoms with E-state index in [-0.39, 0.29) is 24.3 Å². The first-order chi connectivity index (χ1) is 11.7. The maximum atomic E-state index is 13.9. The highest BCUT2D eigenvalue weighted by Crippen LogP contribution is 2.30. The molecule has 4 rings (SSSR count). The normalized spacial score (nSPS) is 13.9. The number of fused-ring (bicyclic) bond motifs is 1. The molecule has 1 fully saturated rings. The average Bonchev–Trinajstić information content (AvgIpc) is 3.45. The van der Waals surface area contributed by atoms with Crippen molar-refractivity contribution in [2.45, 2.75) is 25.4 Å². The van der Waals surface area contributed by atoms with E-state index in [2.05, 4.69) is 9.97 Å². The van der Waals surface area contributed by atoms with Crippen LogP contribution in [0.2, 0.25) is 0 Å². The molecule has 0 spiro atoms. The number of halogens is 1. The molecule has 1 aliphatic carbocycles. The smallest absolute Gasteiger partial charge is 0.274 e. The summed E-state index contributed by atoms with van der Waals surface area (Å²) in [6, 6.07) is 14.2. The molecule has 0 aliphatic heterocycles. The minimum absolute atomic E-state index is 0.158. The van der Waals surface area contributed by atoms with E-state index in [1.807, 2.05) is 24.3 Å². The molecule has 0 N–H and O–H groups in total. The molecule has 2 aromatic carbocycles. The van der Waals surface area contributed by atoms with E-state index in [1.165, 1.54) is 12.3 Å². The molecule has 0 saturated heterocycles. The van der Waals surface area contributed by atoms with E-state index >= 15 is 0 Å². The van der Waals surface area contributed by atoms with Gasteiger partial charge >= 0.3 is 0 Å². The van der Waals surface area contributed by atoms with Crippen molar-refractivity contribution in [1.82, 2.24) is 14.9 Å². The van der Waals surface area contributed by atoms with Crippen LogP contribution in [-0.4, -0.2) is 26.8 Å². The van der Waals surface area contributed by atoms with Crippen molar-refractivity contribution in [2.24, 2.45) is 0 Å². The summed E-state index contributed by atoms with van der Waals surface area (Å²) >= 11 is 0. The highest BCUT2D eigenvalue weighted by Gasteiger charge is 2.34. The van der Waals surface area contributed by atoms with Gasteiger partial charge < -0.3 is 4.90 Å². The number of benzene rings is 2. The molecule has 5 heteroatoms. The van der Waals surface area contributed by atoms with Crippen LogP contribution in [-0.2, 0) is 6.54 Å². The Morgan fingerprint density at radius 2 is 1.79 bits per heavy atom. The Morgan fingerprint density at radius 1 is 1.08 bits per heavy atom. The quantitative estimate of drug-likeness (QED) is 0.738. The third kappa shape index (κ3) is 2.85. The van der Waals surface area contributed by atoms with E-state index in [4.69, 9.17) is 0 Å². The molecule has 1 saturated carbocycles. The zero-order valence-electron chi connectivity index (χ0n) is 13.0. The van der Waals surface area contributed by atoms with Crippen molar-refractivity contribution < 1.29 is 9.18 Å². The van der Waals surface area contributed by atoms with Crippen molar-refractivity contribution in [3.8, 4) is 0 Å². The highest BCUT2D eigenvalue weighted by molar-refractivity contribution is 5.94. The molecule has 0 atom stereocenters. The van der Waals surface area contributed by atoms with Crippen LogP contribution in [0, 0.1) is 5.82 Å². The van der Waals surface area contributed by atoms with Crippen LogP contribution >= 0.6 is 0 Å². The zero-order chi connectivity index (χ0) is 16.5. The van der Waals surface area contributed by atoms with E-state index in [0.29, 0.717) is 16.8 Å². The van der Waals surface area contributed by atoms with Crippen LogP contribution < -0.4 is 0 Å². The van der Waals surface area contributed by atoms with Gasteiger partial charge in [-0.3, -0.25) is 9.78 Å². The van der Waals surface area contributed by atoms with E-state index in [9.17, 15) is 9.18 Å². The van der Waals surface area contributed by atoms with Gasteiger partial charge in [0, 0.05) is 18.2 Å². The van der Waals surface area contributed by atoms with Crippen molar-refractivity contribution in [3.63, 3.8) is 0 Å². The van der Waals surface area contributed by atoms with Crippen molar-refractivity contribution in [2.75, 3.05) is 0 Å². The first-order valence-electron chi connectivity index (χ1n) is 7.98. The maximum Gasteiger partial charge on any atom is 0.274 e. The molecule has 0 radical (unpaired) electrons. The Morgan fingerprint density at radius 3 is 2.54 bits per heavy atom. The molecule has 3 aromatic rings. The van der Waals surface area contributed by atoms with Crippen molar-refractivity contribution in [3.05, 3.63) is 71.8 Å². The largest absolute Gasteiger partial charge is 0.330 e. The summed E-state index contributed by atoms with van der Waals surface area (Å²) in [4.78, 5) is 23.3. The van der Waals surface area contributed by atoms with Crippen LogP contribution in [0.5, 0.6) is 0 Å². The van der Waals surface area contributed by atoms with Gasteiger partial charge in [-0.15, -0.1) is 0 Å². The van der Waals surface area contributed by atoms with Crippen LogP contribution in [0.15, 0.2) is 54.7 Å². The summed E-state index contributed by atoms with van der Waals surface area (Å²) < 4.78 is 13.9. The lowest BCUT2D eigenvalue weighted by Gasteiger charge is -2.22. The Balaban J connectivity index is 1.65. The molecule has 1 amide bonds. The third-order valence-corrected chi connectivity index (χ3v) is 4.21. The molecule has 0 unspecified atom stereocenters. The lowest BCUT2D eigenvalue weighted by atomic mass is 10.2. The number of rotatable bonds is 4. The average molecular weight is 321 g/mol. The number of para-hydroxylation sites is 2. The topological polar surface area (TPSA) is 46.1 Å².